The van der Waals surface area contributed by atoms with Gasteiger partial charge in [0.1, 0.15) is 5.15 Å². The lowest BCUT2D eigenvalue weighted by Gasteiger charge is -2.26. The monoisotopic (exact) mass is 297 g/mol. The summed E-state index contributed by atoms with van der Waals surface area (Å²) in [5, 5.41) is 0.525. The van der Waals surface area contributed by atoms with Crippen molar-refractivity contribution in [1.29, 1.82) is 0 Å². The number of nitrogens with two attached hydrogens (primary N) is 1. The molecule has 1 amide bonds. The predicted octanol–water partition coefficient (Wildman–Crippen LogP) is 2.11. The standard InChI is InChI=1S/C14H17ClFN3O/c15-13-11-3-4-19(10-1-2-10)14(20)12(11)8-18(13)7-9(5-16)6-17/h5,8,10H,1-4,6-7,17H2. The van der Waals surface area contributed by atoms with Crippen LogP contribution in [0.4, 0.5) is 4.39 Å². The molecule has 1 saturated carbocycles. The van der Waals surface area contributed by atoms with Crippen LogP contribution in [0.2, 0.25) is 5.15 Å². The number of aromatic nitrogens is 1. The Kier molecular flexibility index (Phi) is 3.56. The molecular weight excluding hydrogens is 281 g/mol. The van der Waals surface area contributed by atoms with Gasteiger partial charge in [-0.15, -0.1) is 0 Å². The molecule has 0 radical (unpaired) electrons. The molecule has 0 bridgehead atoms. The third-order valence-corrected chi connectivity index (χ3v) is 4.43. The molecule has 108 valence electrons. The second-order valence-corrected chi connectivity index (χ2v) is 5.75. The van der Waals surface area contributed by atoms with E-state index in [4.69, 9.17) is 17.3 Å². The average molecular weight is 298 g/mol. The van der Waals surface area contributed by atoms with Crippen LogP contribution in [-0.2, 0) is 13.0 Å². The Morgan fingerprint density at radius 1 is 1.55 bits per heavy atom. The maximum Gasteiger partial charge on any atom is 0.255 e. The molecule has 2 N–H and O–H groups in total. The number of hydrogen-bond donors (Lipinski definition) is 1. The van der Waals surface area contributed by atoms with E-state index in [1.54, 1.807) is 10.8 Å². The van der Waals surface area contributed by atoms with Gasteiger partial charge in [-0.3, -0.25) is 4.79 Å². The fraction of sp³-hybridized carbons (Fsp3) is 0.500. The lowest BCUT2D eigenvalue weighted by atomic mass is 10.0. The number of fused-ring (bicyclic) bond motifs is 1. The number of nitrogens with zero attached hydrogens (tertiary/aromatic N) is 2. The maximum absolute atomic E-state index is 12.6. The largest absolute Gasteiger partial charge is 0.335 e. The molecule has 1 aromatic rings. The zero-order chi connectivity index (χ0) is 14.3. The first-order chi connectivity index (χ1) is 9.65. The van der Waals surface area contributed by atoms with Gasteiger partial charge < -0.3 is 15.2 Å². The summed E-state index contributed by atoms with van der Waals surface area (Å²) in [6, 6.07) is 0.406. The number of hydrogen-bond acceptors (Lipinski definition) is 2. The molecule has 2 heterocycles. The van der Waals surface area contributed by atoms with Crippen molar-refractivity contribution >= 4 is 17.5 Å². The lowest BCUT2D eigenvalue weighted by molar-refractivity contribution is 0.0727. The summed E-state index contributed by atoms with van der Waals surface area (Å²) in [5.41, 5.74) is 7.45. The zero-order valence-corrected chi connectivity index (χ0v) is 11.9. The van der Waals surface area contributed by atoms with Gasteiger partial charge >= 0.3 is 0 Å². The minimum Gasteiger partial charge on any atom is -0.335 e. The molecule has 0 saturated heterocycles. The molecular formula is C14H17ClFN3O. The van der Waals surface area contributed by atoms with E-state index in [1.165, 1.54) is 0 Å². The third-order valence-electron chi connectivity index (χ3n) is 3.98. The van der Waals surface area contributed by atoms with Gasteiger partial charge in [0, 0.05) is 37.4 Å². The van der Waals surface area contributed by atoms with Crippen molar-refractivity contribution in [3.63, 3.8) is 0 Å². The SMILES string of the molecule is NCC(=CF)Cn1cc2c(c1Cl)CCN(C1CC1)C2=O. The summed E-state index contributed by atoms with van der Waals surface area (Å²) in [5.74, 6) is 0.0490. The average Bonchev–Trinajstić information content (AvgIpc) is 3.24. The van der Waals surface area contributed by atoms with Crippen LogP contribution in [0.3, 0.4) is 0 Å². The molecule has 0 spiro atoms. The van der Waals surface area contributed by atoms with Crippen molar-refractivity contribution in [2.75, 3.05) is 13.1 Å². The highest BCUT2D eigenvalue weighted by molar-refractivity contribution is 6.31. The zero-order valence-electron chi connectivity index (χ0n) is 11.1. The highest BCUT2D eigenvalue weighted by Crippen LogP contribution is 2.34. The van der Waals surface area contributed by atoms with Crippen LogP contribution in [0.1, 0.15) is 28.8 Å². The number of carbonyl (C=O) groups excluding carboxylic acids is 1. The van der Waals surface area contributed by atoms with E-state index < -0.39 is 0 Å². The lowest BCUT2D eigenvalue weighted by Crippen LogP contribution is -2.38. The second kappa shape index (κ2) is 5.22. The van der Waals surface area contributed by atoms with Crippen LogP contribution >= 0.6 is 11.6 Å². The fourth-order valence-electron chi connectivity index (χ4n) is 2.70. The van der Waals surface area contributed by atoms with E-state index in [-0.39, 0.29) is 19.0 Å². The van der Waals surface area contributed by atoms with Gasteiger partial charge in [-0.25, -0.2) is 4.39 Å². The first-order valence-electron chi connectivity index (χ1n) is 6.82. The number of carbonyl (C=O) groups is 1. The highest BCUT2D eigenvalue weighted by atomic mass is 35.5. The van der Waals surface area contributed by atoms with Crippen LogP contribution < -0.4 is 5.73 Å². The normalized spacial score (nSPS) is 19.4. The van der Waals surface area contributed by atoms with Gasteiger partial charge in [0.25, 0.3) is 5.91 Å². The molecule has 0 aromatic carbocycles. The third kappa shape index (κ3) is 2.25. The van der Waals surface area contributed by atoms with E-state index >= 15 is 0 Å². The Morgan fingerprint density at radius 2 is 2.30 bits per heavy atom. The molecule has 1 aliphatic carbocycles. The summed E-state index contributed by atoms with van der Waals surface area (Å²) < 4.78 is 14.3. The molecule has 6 heteroatoms. The fourth-order valence-corrected chi connectivity index (χ4v) is 3.00. The minimum absolute atomic E-state index is 0.0490. The molecule has 4 nitrogen and oxygen atoms in total. The number of rotatable bonds is 4. The van der Waals surface area contributed by atoms with E-state index in [0.29, 0.717) is 28.7 Å². The summed E-state index contributed by atoms with van der Waals surface area (Å²) in [6.45, 7) is 1.15. The smallest absolute Gasteiger partial charge is 0.255 e. The van der Waals surface area contributed by atoms with E-state index in [0.717, 1.165) is 31.4 Å². The Labute approximate surface area is 122 Å². The van der Waals surface area contributed by atoms with Gasteiger partial charge in [-0.1, -0.05) is 11.6 Å². The minimum atomic E-state index is 0.0490. The Hall–Kier alpha value is -1.33. The molecule has 1 aromatic heterocycles. The summed E-state index contributed by atoms with van der Waals surface area (Å²) in [6.07, 6.45) is 5.19. The number of halogens is 2. The van der Waals surface area contributed by atoms with E-state index in [9.17, 15) is 9.18 Å². The topological polar surface area (TPSA) is 51.3 Å². The van der Waals surface area contributed by atoms with Gasteiger partial charge in [-0.2, -0.15) is 0 Å². The van der Waals surface area contributed by atoms with Gasteiger partial charge in [-0.05, 0) is 24.8 Å². The molecule has 20 heavy (non-hydrogen) atoms. The molecule has 1 aliphatic heterocycles. The van der Waals surface area contributed by atoms with Crippen molar-refractivity contribution in [3.8, 4) is 0 Å². The molecule has 3 rings (SSSR count). The maximum atomic E-state index is 12.6. The van der Waals surface area contributed by atoms with Gasteiger partial charge in [0.15, 0.2) is 0 Å². The van der Waals surface area contributed by atoms with Crippen molar-refractivity contribution in [3.05, 3.63) is 34.4 Å². The quantitative estimate of drug-likeness (QED) is 0.925. The van der Waals surface area contributed by atoms with Crippen molar-refractivity contribution in [2.24, 2.45) is 5.73 Å². The van der Waals surface area contributed by atoms with Crippen molar-refractivity contribution in [2.45, 2.75) is 31.8 Å². The van der Waals surface area contributed by atoms with Crippen LogP contribution in [0.15, 0.2) is 18.1 Å². The summed E-state index contributed by atoms with van der Waals surface area (Å²) in [4.78, 5) is 14.4. The van der Waals surface area contributed by atoms with Gasteiger partial charge in [0.2, 0.25) is 0 Å². The molecule has 0 atom stereocenters. The van der Waals surface area contributed by atoms with Crippen LogP contribution in [0, 0.1) is 0 Å². The Balaban J connectivity index is 1.89. The number of amides is 1. The van der Waals surface area contributed by atoms with Crippen LogP contribution in [0.25, 0.3) is 0 Å². The van der Waals surface area contributed by atoms with Crippen LogP contribution in [0.5, 0.6) is 0 Å². The van der Waals surface area contributed by atoms with Gasteiger partial charge in [0.05, 0.1) is 11.9 Å². The highest BCUT2D eigenvalue weighted by Gasteiger charge is 2.37. The predicted molar refractivity (Wildman–Crippen MR) is 75.4 cm³/mol. The van der Waals surface area contributed by atoms with E-state index in [2.05, 4.69) is 0 Å². The first kappa shape index (κ1) is 13.6. The molecule has 1 fully saturated rings. The van der Waals surface area contributed by atoms with Crippen molar-refractivity contribution in [1.82, 2.24) is 9.47 Å². The molecule has 0 unspecified atom stereocenters. The molecule has 2 aliphatic rings. The van der Waals surface area contributed by atoms with Crippen LogP contribution in [-0.4, -0.2) is 34.5 Å². The second-order valence-electron chi connectivity index (χ2n) is 5.39. The Bertz CT molecular complexity index is 577. The first-order valence-corrected chi connectivity index (χ1v) is 7.20. The Morgan fingerprint density at radius 3 is 2.90 bits per heavy atom. The van der Waals surface area contributed by atoms with E-state index in [1.807, 2.05) is 4.90 Å². The van der Waals surface area contributed by atoms with Crippen molar-refractivity contribution < 1.29 is 9.18 Å². The summed E-state index contributed by atoms with van der Waals surface area (Å²) in [7, 11) is 0. The summed E-state index contributed by atoms with van der Waals surface area (Å²) >= 11 is 6.31.